The van der Waals surface area contributed by atoms with Crippen molar-refractivity contribution in [3.05, 3.63) is 144 Å². The van der Waals surface area contributed by atoms with Crippen LogP contribution >= 0.6 is 0 Å². The molecule has 4 aromatic rings. The van der Waals surface area contributed by atoms with E-state index in [2.05, 4.69) is 39.2 Å². The highest BCUT2D eigenvalue weighted by Gasteiger charge is 2.51. The van der Waals surface area contributed by atoms with Gasteiger partial charge in [0.05, 0.1) is 0 Å². The lowest BCUT2D eigenvalue weighted by Gasteiger charge is -2.47. The molecule has 8 heteroatoms. The Hall–Kier alpha value is -4.24. The van der Waals surface area contributed by atoms with Crippen LogP contribution in [0.4, 0.5) is 4.79 Å². The van der Waals surface area contributed by atoms with Gasteiger partial charge in [-0.1, -0.05) is 142 Å². The number of esters is 1. The molecule has 5 rings (SSSR count). The summed E-state index contributed by atoms with van der Waals surface area (Å²) in [5, 5.41) is 3.66. The second-order valence-electron chi connectivity index (χ2n) is 13.9. The summed E-state index contributed by atoms with van der Waals surface area (Å²) in [6.07, 6.45) is -0.828. The van der Waals surface area contributed by atoms with Crippen LogP contribution in [0.25, 0.3) is 0 Å². The van der Waals surface area contributed by atoms with E-state index in [1.807, 2.05) is 121 Å². The quantitative estimate of drug-likeness (QED) is 0.121. The molecule has 0 aliphatic carbocycles. The summed E-state index contributed by atoms with van der Waals surface area (Å²) in [4.78, 5) is 30.5. The van der Waals surface area contributed by atoms with E-state index in [0.717, 1.165) is 22.3 Å². The number of cyclic esters (lactones) is 1. The van der Waals surface area contributed by atoms with Crippen LogP contribution < -0.4 is 5.32 Å². The number of rotatable bonds is 12. The number of hydrogen-bond donors (Lipinski definition) is 1. The third kappa shape index (κ3) is 8.61. The Kier molecular flexibility index (Phi) is 11.5. The summed E-state index contributed by atoms with van der Waals surface area (Å²) in [6.45, 7) is 12.1. The Bertz CT molecular complexity index is 1600. The van der Waals surface area contributed by atoms with E-state index in [1.54, 1.807) is 4.90 Å². The molecular weight excluding hydrogens is 617 g/mol. The van der Waals surface area contributed by atoms with Crippen LogP contribution in [-0.2, 0) is 31.8 Å². The Morgan fingerprint density at radius 2 is 1.33 bits per heavy atom. The van der Waals surface area contributed by atoms with Gasteiger partial charge in [0.15, 0.2) is 14.4 Å². The van der Waals surface area contributed by atoms with Crippen LogP contribution in [0.2, 0.25) is 18.1 Å². The van der Waals surface area contributed by atoms with Crippen molar-refractivity contribution < 1.29 is 23.5 Å². The Morgan fingerprint density at radius 1 is 0.812 bits per heavy atom. The number of morpholine rings is 1. The van der Waals surface area contributed by atoms with Crippen molar-refractivity contribution in [1.82, 2.24) is 10.2 Å². The number of hydrogen-bond acceptors (Lipinski definition) is 6. The predicted octanol–water partition coefficient (Wildman–Crippen LogP) is 8.60. The van der Waals surface area contributed by atoms with E-state index >= 15 is 0 Å². The third-order valence-corrected chi connectivity index (χ3v) is 14.1. The summed E-state index contributed by atoms with van der Waals surface area (Å²) >= 11 is 0. The number of amides is 1. The highest BCUT2D eigenvalue weighted by atomic mass is 28.4. The molecule has 0 spiro atoms. The first-order valence-corrected chi connectivity index (χ1v) is 19.7. The molecule has 252 valence electrons. The van der Waals surface area contributed by atoms with Crippen LogP contribution in [0.15, 0.2) is 121 Å². The summed E-state index contributed by atoms with van der Waals surface area (Å²) in [5.74, 6) is -0.481. The van der Waals surface area contributed by atoms with Gasteiger partial charge in [-0.05, 0) is 46.8 Å². The molecule has 1 fully saturated rings. The minimum atomic E-state index is -2.08. The zero-order chi connectivity index (χ0) is 34.1. The molecule has 1 heterocycles. The van der Waals surface area contributed by atoms with Gasteiger partial charge in [-0.15, -0.1) is 0 Å². The fourth-order valence-corrected chi connectivity index (χ4v) is 6.88. The molecule has 1 aliphatic rings. The molecule has 1 N–H and O–H groups in total. The Balaban J connectivity index is 1.55. The topological polar surface area (TPSA) is 77.1 Å². The molecule has 1 aliphatic heterocycles. The summed E-state index contributed by atoms with van der Waals surface area (Å²) in [5.41, 5.74) is 3.57. The maximum Gasteiger partial charge on any atom is 0.411 e. The van der Waals surface area contributed by atoms with Crippen molar-refractivity contribution in [2.24, 2.45) is 0 Å². The second kappa shape index (κ2) is 15.8. The largest absolute Gasteiger partial charge is 0.453 e. The van der Waals surface area contributed by atoms with Crippen molar-refractivity contribution >= 4 is 20.4 Å². The molecule has 0 radical (unpaired) electrons. The van der Waals surface area contributed by atoms with Crippen molar-refractivity contribution in [2.45, 2.75) is 82.7 Å². The number of benzene rings is 4. The molecule has 0 aromatic heterocycles. The Labute approximate surface area is 286 Å². The standard InChI is InChI=1S/C40H48N2O5Si/c1-40(2,3)48(4,5)46-27-26-34(41-28-30-18-10-6-11-19-30)36-38(43)47-37(33-24-16-9-17-25-33)35(32-22-14-8-15-23-32)42(36)39(44)45-29-31-20-12-7-13-21-31/h6-25,34-37,41H,26-29H2,1-5H3/t34-,35+,36?,37-/m1/s1. The van der Waals surface area contributed by atoms with Crippen molar-refractivity contribution in [1.29, 1.82) is 0 Å². The minimum absolute atomic E-state index is 0.0261. The van der Waals surface area contributed by atoms with Gasteiger partial charge in [0.2, 0.25) is 0 Å². The first-order chi connectivity index (χ1) is 23.0. The molecule has 0 bridgehead atoms. The first kappa shape index (κ1) is 35.1. The maximum absolute atomic E-state index is 14.5. The molecule has 7 nitrogen and oxygen atoms in total. The lowest BCUT2D eigenvalue weighted by molar-refractivity contribution is -0.175. The highest BCUT2D eigenvalue weighted by Crippen LogP contribution is 2.44. The van der Waals surface area contributed by atoms with Crippen LogP contribution in [0.3, 0.4) is 0 Å². The van der Waals surface area contributed by atoms with Gasteiger partial charge in [-0.25, -0.2) is 9.59 Å². The smallest absolute Gasteiger partial charge is 0.411 e. The van der Waals surface area contributed by atoms with E-state index < -0.39 is 44.6 Å². The molecular formula is C40H48N2O5Si. The first-order valence-electron chi connectivity index (χ1n) is 16.8. The predicted molar refractivity (Wildman–Crippen MR) is 192 cm³/mol. The van der Waals surface area contributed by atoms with Gasteiger partial charge >= 0.3 is 12.1 Å². The minimum Gasteiger partial charge on any atom is -0.453 e. The van der Waals surface area contributed by atoms with E-state index in [0.29, 0.717) is 19.6 Å². The molecule has 0 saturated carbocycles. The second-order valence-corrected chi connectivity index (χ2v) is 18.7. The van der Waals surface area contributed by atoms with E-state index in [-0.39, 0.29) is 11.6 Å². The normalized spacial score (nSPS) is 19.0. The van der Waals surface area contributed by atoms with Gasteiger partial charge < -0.3 is 19.2 Å². The van der Waals surface area contributed by atoms with E-state index in [9.17, 15) is 9.59 Å². The zero-order valence-corrected chi connectivity index (χ0v) is 29.7. The number of carbonyl (C=O) groups is 2. The molecule has 4 aromatic carbocycles. The molecule has 48 heavy (non-hydrogen) atoms. The van der Waals surface area contributed by atoms with Crippen LogP contribution in [0.1, 0.15) is 61.6 Å². The van der Waals surface area contributed by atoms with Crippen LogP contribution in [-0.4, -0.2) is 44.0 Å². The third-order valence-electron chi connectivity index (χ3n) is 9.55. The van der Waals surface area contributed by atoms with Crippen molar-refractivity contribution in [3.63, 3.8) is 0 Å². The number of nitrogens with one attached hydrogen (secondary N) is 1. The molecule has 1 unspecified atom stereocenters. The van der Waals surface area contributed by atoms with Gasteiger partial charge in [-0.3, -0.25) is 4.90 Å². The van der Waals surface area contributed by atoms with Crippen LogP contribution in [0, 0.1) is 0 Å². The summed E-state index contributed by atoms with van der Waals surface area (Å²) in [6, 6.07) is 36.9. The van der Waals surface area contributed by atoms with E-state index in [4.69, 9.17) is 13.9 Å². The van der Waals surface area contributed by atoms with Gasteiger partial charge in [0, 0.05) is 19.2 Å². The summed E-state index contributed by atoms with van der Waals surface area (Å²) in [7, 11) is -2.08. The Morgan fingerprint density at radius 3 is 1.90 bits per heavy atom. The number of carbonyl (C=O) groups excluding carboxylic acids is 2. The van der Waals surface area contributed by atoms with Gasteiger partial charge in [0.25, 0.3) is 0 Å². The number of ether oxygens (including phenoxy) is 2. The maximum atomic E-state index is 14.5. The molecule has 1 amide bonds. The van der Waals surface area contributed by atoms with Gasteiger partial charge in [-0.2, -0.15) is 0 Å². The summed E-state index contributed by atoms with van der Waals surface area (Å²) < 4.78 is 19.0. The average molecular weight is 665 g/mol. The fourth-order valence-electron chi connectivity index (χ4n) is 5.82. The monoisotopic (exact) mass is 664 g/mol. The lowest BCUT2D eigenvalue weighted by Crippen LogP contribution is -2.62. The fraction of sp³-hybridized carbons (Fsp3) is 0.350. The highest BCUT2D eigenvalue weighted by molar-refractivity contribution is 6.74. The SMILES string of the molecule is CC(C)(C)[Si](C)(C)OCC[C@@H](NCc1ccccc1)C1C(=O)O[C@H](c2ccccc2)[C@H](c2ccccc2)N1C(=O)OCc1ccccc1. The number of nitrogens with zero attached hydrogens (tertiary/aromatic N) is 1. The van der Waals surface area contributed by atoms with Crippen molar-refractivity contribution in [3.8, 4) is 0 Å². The molecule has 1 saturated heterocycles. The lowest BCUT2D eigenvalue weighted by atomic mass is 9.89. The van der Waals surface area contributed by atoms with Gasteiger partial charge in [0.1, 0.15) is 18.7 Å². The van der Waals surface area contributed by atoms with Crippen LogP contribution in [0.5, 0.6) is 0 Å². The average Bonchev–Trinajstić information content (AvgIpc) is 3.09. The zero-order valence-electron chi connectivity index (χ0n) is 28.7. The van der Waals surface area contributed by atoms with Crippen molar-refractivity contribution in [2.75, 3.05) is 6.61 Å². The molecule has 4 atom stereocenters. The van der Waals surface area contributed by atoms with E-state index in [1.165, 1.54) is 0 Å².